The minimum atomic E-state index is -0.253. The number of hydrogen-bond donors (Lipinski definition) is 3. The van der Waals surface area contributed by atoms with Gasteiger partial charge in [0.1, 0.15) is 11.5 Å². The monoisotopic (exact) mass is 441 g/mol. The van der Waals surface area contributed by atoms with Gasteiger partial charge < -0.3 is 25.0 Å². The van der Waals surface area contributed by atoms with Gasteiger partial charge in [-0.3, -0.25) is 4.79 Å². The van der Waals surface area contributed by atoms with Crippen LogP contribution in [0.15, 0.2) is 36.4 Å². The van der Waals surface area contributed by atoms with Crippen molar-refractivity contribution in [2.75, 3.05) is 27.4 Å². The summed E-state index contributed by atoms with van der Waals surface area (Å²) in [5.41, 5.74) is 1.84. The fourth-order valence-electron chi connectivity index (χ4n) is 3.32. The van der Waals surface area contributed by atoms with E-state index in [0.717, 1.165) is 0 Å². The average molecular weight is 441 g/mol. The van der Waals surface area contributed by atoms with Crippen LogP contribution in [0.4, 0.5) is 0 Å². The number of phenolic OH excluding ortho intramolecular Hbond substituents is 2. The predicted molar refractivity (Wildman–Crippen MR) is 117 cm³/mol. The smallest absolute Gasteiger partial charge is 0.251 e. The molecule has 0 aliphatic rings. The van der Waals surface area contributed by atoms with E-state index >= 15 is 0 Å². The highest BCUT2D eigenvalue weighted by Crippen LogP contribution is 2.39. The summed E-state index contributed by atoms with van der Waals surface area (Å²) < 4.78 is 11.7. The largest absolute Gasteiger partial charge is 0.507 e. The van der Waals surface area contributed by atoms with Crippen molar-refractivity contribution in [2.24, 2.45) is 0 Å². The van der Waals surface area contributed by atoms with Gasteiger partial charge in [0, 0.05) is 50.6 Å². The van der Waals surface area contributed by atoms with Crippen molar-refractivity contribution in [1.82, 2.24) is 25.5 Å². The Kier molecular flexibility index (Phi) is 7.74. The lowest BCUT2D eigenvalue weighted by molar-refractivity contribution is 0.0905. The molecule has 0 fully saturated rings. The normalized spacial score (nSPS) is 12.0. The molecule has 0 aliphatic carbocycles. The predicted octanol–water partition coefficient (Wildman–Crippen LogP) is 2.22. The van der Waals surface area contributed by atoms with E-state index in [9.17, 15) is 15.0 Å². The molecule has 3 aromatic rings. The van der Waals surface area contributed by atoms with Crippen molar-refractivity contribution in [3.63, 3.8) is 0 Å². The number of nitrogens with zero attached hydrogens (tertiary/aromatic N) is 4. The highest BCUT2D eigenvalue weighted by atomic mass is 16.5. The first-order valence-electron chi connectivity index (χ1n) is 10.2. The van der Waals surface area contributed by atoms with Crippen LogP contribution in [-0.4, -0.2) is 69.8 Å². The van der Waals surface area contributed by atoms with E-state index in [1.165, 1.54) is 6.07 Å². The molecule has 1 aromatic heterocycles. The van der Waals surface area contributed by atoms with Gasteiger partial charge in [0.25, 0.3) is 5.91 Å². The first-order chi connectivity index (χ1) is 15.4. The first kappa shape index (κ1) is 23.2. The number of aromatic nitrogens is 4. The highest BCUT2D eigenvalue weighted by molar-refractivity contribution is 5.96. The Morgan fingerprint density at radius 2 is 1.91 bits per heavy atom. The Balaban J connectivity index is 1.94. The molecule has 3 rings (SSSR count). The molecule has 1 unspecified atom stereocenters. The van der Waals surface area contributed by atoms with Crippen LogP contribution in [0.5, 0.6) is 11.5 Å². The van der Waals surface area contributed by atoms with Gasteiger partial charge in [0.15, 0.2) is 5.82 Å². The third kappa shape index (κ3) is 5.40. The second kappa shape index (κ2) is 10.7. The average Bonchev–Trinajstić information content (AvgIpc) is 3.22. The summed E-state index contributed by atoms with van der Waals surface area (Å²) in [4.78, 5) is 12.6. The van der Waals surface area contributed by atoms with E-state index in [0.29, 0.717) is 54.3 Å². The summed E-state index contributed by atoms with van der Waals surface area (Å²) in [6.45, 7) is 3.29. The lowest BCUT2D eigenvalue weighted by atomic mass is 9.98. The third-order valence-electron chi connectivity index (χ3n) is 4.84. The van der Waals surface area contributed by atoms with Gasteiger partial charge in [-0.25, -0.2) is 4.68 Å². The molecule has 0 aliphatic heterocycles. The molecule has 0 bridgehead atoms. The number of benzene rings is 2. The topological polar surface area (TPSA) is 132 Å². The van der Waals surface area contributed by atoms with Crippen LogP contribution >= 0.6 is 0 Å². The zero-order valence-corrected chi connectivity index (χ0v) is 18.3. The molecule has 10 nitrogen and oxygen atoms in total. The van der Waals surface area contributed by atoms with Crippen LogP contribution < -0.4 is 5.32 Å². The van der Waals surface area contributed by atoms with Crippen LogP contribution in [0, 0.1) is 0 Å². The number of aromatic hydroxyl groups is 2. The van der Waals surface area contributed by atoms with E-state index in [4.69, 9.17) is 9.47 Å². The minimum absolute atomic E-state index is 0.130. The maximum absolute atomic E-state index is 12.6. The number of methoxy groups -OCH3 is 2. The Morgan fingerprint density at radius 1 is 1.12 bits per heavy atom. The zero-order valence-electron chi connectivity index (χ0n) is 18.3. The summed E-state index contributed by atoms with van der Waals surface area (Å²) in [5, 5.41) is 35.5. The molecule has 0 saturated heterocycles. The van der Waals surface area contributed by atoms with Crippen LogP contribution in [0.1, 0.15) is 23.7 Å². The molecule has 1 heterocycles. The van der Waals surface area contributed by atoms with Crippen LogP contribution in [-0.2, 0) is 16.0 Å². The summed E-state index contributed by atoms with van der Waals surface area (Å²) in [5.74, 6) is -0.176. The zero-order chi connectivity index (χ0) is 23.1. The summed E-state index contributed by atoms with van der Waals surface area (Å²) in [6.07, 6.45) is 0.693. The van der Waals surface area contributed by atoms with Crippen LogP contribution in [0.25, 0.3) is 22.5 Å². The second-order valence-electron chi connectivity index (χ2n) is 7.37. The second-order valence-corrected chi connectivity index (χ2v) is 7.37. The number of ether oxygens (including phenoxy) is 2. The fourth-order valence-corrected chi connectivity index (χ4v) is 3.32. The molecule has 0 spiro atoms. The summed E-state index contributed by atoms with van der Waals surface area (Å²) >= 11 is 0. The van der Waals surface area contributed by atoms with Gasteiger partial charge in [-0.05, 0) is 47.5 Å². The number of carbonyl (C=O) groups excluding carboxylic acids is 1. The molecule has 32 heavy (non-hydrogen) atoms. The maximum Gasteiger partial charge on any atom is 0.251 e. The number of amides is 1. The molecular formula is C22H27N5O5. The highest BCUT2D eigenvalue weighted by Gasteiger charge is 2.18. The number of rotatable bonds is 10. The molecular weight excluding hydrogens is 414 g/mol. The van der Waals surface area contributed by atoms with Crippen molar-refractivity contribution in [2.45, 2.75) is 25.9 Å². The van der Waals surface area contributed by atoms with Gasteiger partial charge >= 0.3 is 0 Å². The Labute approximate surface area is 185 Å². The van der Waals surface area contributed by atoms with Gasteiger partial charge in [-0.15, -0.1) is 5.10 Å². The SMILES string of the molecule is COCCCn1nnnc1-c1cc(-c2cccc(C(=O)NC(C)COC)c2)c(O)cc1O. The third-order valence-corrected chi connectivity index (χ3v) is 4.84. The van der Waals surface area contributed by atoms with Crippen molar-refractivity contribution in [3.05, 3.63) is 42.0 Å². The van der Waals surface area contributed by atoms with E-state index in [1.807, 2.05) is 6.92 Å². The van der Waals surface area contributed by atoms with Crippen LogP contribution in [0.2, 0.25) is 0 Å². The van der Waals surface area contributed by atoms with Crippen molar-refractivity contribution in [3.8, 4) is 34.0 Å². The van der Waals surface area contributed by atoms with E-state index in [1.54, 1.807) is 49.2 Å². The lowest BCUT2D eigenvalue weighted by Crippen LogP contribution is -2.35. The lowest BCUT2D eigenvalue weighted by Gasteiger charge is -2.14. The Bertz CT molecular complexity index is 1070. The molecule has 0 saturated carbocycles. The molecule has 170 valence electrons. The fraction of sp³-hybridized carbons (Fsp3) is 0.364. The van der Waals surface area contributed by atoms with Gasteiger partial charge in [0.05, 0.1) is 12.2 Å². The maximum atomic E-state index is 12.6. The Morgan fingerprint density at radius 3 is 2.66 bits per heavy atom. The summed E-state index contributed by atoms with van der Waals surface area (Å²) in [6, 6.07) is 9.56. The van der Waals surface area contributed by atoms with E-state index in [-0.39, 0.29) is 23.4 Å². The number of aryl methyl sites for hydroxylation is 1. The van der Waals surface area contributed by atoms with Crippen molar-refractivity contribution < 1.29 is 24.5 Å². The summed E-state index contributed by atoms with van der Waals surface area (Å²) in [7, 11) is 3.19. The van der Waals surface area contributed by atoms with Crippen molar-refractivity contribution in [1.29, 1.82) is 0 Å². The molecule has 0 radical (unpaired) electrons. The number of carbonyl (C=O) groups is 1. The van der Waals surface area contributed by atoms with Crippen molar-refractivity contribution >= 4 is 5.91 Å². The molecule has 3 N–H and O–H groups in total. The van der Waals surface area contributed by atoms with Gasteiger partial charge in [0.2, 0.25) is 0 Å². The molecule has 1 amide bonds. The quantitative estimate of drug-likeness (QED) is 0.408. The van der Waals surface area contributed by atoms with E-state index < -0.39 is 0 Å². The standard InChI is InChI=1S/C22H27N5O5/c1-14(13-32-3)23-22(30)16-7-4-6-15(10-16)17-11-18(20(29)12-19(17)28)21-24-25-26-27(21)8-5-9-31-2/h4,6-7,10-12,14,28-29H,5,8-9,13H2,1-3H3,(H,23,30). The Hall–Kier alpha value is -3.50. The van der Waals surface area contributed by atoms with Gasteiger partial charge in [-0.1, -0.05) is 12.1 Å². The first-order valence-corrected chi connectivity index (χ1v) is 10.2. The van der Waals surface area contributed by atoms with Gasteiger partial charge in [-0.2, -0.15) is 0 Å². The molecule has 10 heteroatoms. The van der Waals surface area contributed by atoms with Crippen LogP contribution in [0.3, 0.4) is 0 Å². The molecule has 2 aromatic carbocycles. The van der Waals surface area contributed by atoms with E-state index in [2.05, 4.69) is 20.8 Å². The molecule has 1 atom stereocenters. The number of nitrogens with one attached hydrogen (secondary N) is 1. The number of hydrogen-bond acceptors (Lipinski definition) is 8. The number of tetrazole rings is 1. The number of phenols is 2. The minimum Gasteiger partial charge on any atom is -0.507 e.